The zero-order valence-corrected chi connectivity index (χ0v) is 10.3. The van der Waals surface area contributed by atoms with Crippen LogP contribution < -0.4 is 11.1 Å². The van der Waals surface area contributed by atoms with Gasteiger partial charge in [0.2, 0.25) is 5.91 Å². The Labute approximate surface area is 95.2 Å². The third-order valence-electron chi connectivity index (χ3n) is 2.98. The van der Waals surface area contributed by atoms with Crippen LogP contribution in [-0.2, 0) is 4.79 Å². The van der Waals surface area contributed by atoms with Crippen LogP contribution in [0.5, 0.6) is 0 Å². The van der Waals surface area contributed by atoms with E-state index in [0.29, 0.717) is 6.42 Å². The van der Waals surface area contributed by atoms with Crippen molar-refractivity contribution in [2.75, 3.05) is 20.6 Å². The lowest BCUT2D eigenvalue weighted by atomic mass is 9.92. The molecule has 0 saturated heterocycles. The van der Waals surface area contributed by atoms with E-state index in [1.807, 2.05) is 0 Å². The minimum absolute atomic E-state index is 0.154. The second-order valence-electron chi connectivity index (χ2n) is 4.33. The second kappa shape index (κ2) is 6.10. The molecule has 2 unspecified atom stereocenters. The highest BCUT2D eigenvalue weighted by Crippen LogP contribution is 2.15. The summed E-state index contributed by atoms with van der Waals surface area (Å²) < 4.78 is 24.3. The largest absolute Gasteiger partial charge is 0.368 e. The molecule has 0 aromatic carbocycles. The molecule has 0 saturated carbocycles. The molecule has 0 aliphatic heterocycles. The Kier molecular flexibility index (Phi) is 5.81. The number of nitrogens with one attached hydrogen (secondary N) is 1. The normalized spacial score (nSPS) is 17.5. The van der Waals surface area contributed by atoms with Gasteiger partial charge in [-0.1, -0.05) is 0 Å². The van der Waals surface area contributed by atoms with Crippen LogP contribution in [0, 0.1) is 0 Å². The number of amides is 1. The first-order chi connectivity index (χ1) is 7.23. The summed E-state index contributed by atoms with van der Waals surface area (Å²) >= 11 is 0. The van der Waals surface area contributed by atoms with Crippen LogP contribution >= 0.6 is 0 Å². The van der Waals surface area contributed by atoms with Crippen LogP contribution in [-0.4, -0.2) is 49.5 Å². The Bertz CT molecular complexity index is 238. The van der Waals surface area contributed by atoms with Gasteiger partial charge in [0.25, 0.3) is 6.43 Å². The molecule has 3 N–H and O–H groups in total. The minimum atomic E-state index is -2.37. The summed E-state index contributed by atoms with van der Waals surface area (Å²) in [5.41, 5.74) is 4.40. The topological polar surface area (TPSA) is 58.4 Å². The number of nitrogens with two attached hydrogens (primary N) is 1. The SMILES string of the molecule is CNC(C)(CC(C)N(C)CC(F)F)C(N)=O. The van der Waals surface area contributed by atoms with Gasteiger partial charge in [-0.2, -0.15) is 0 Å². The summed E-state index contributed by atoms with van der Waals surface area (Å²) in [7, 11) is 3.23. The van der Waals surface area contributed by atoms with E-state index in [4.69, 9.17) is 5.73 Å². The predicted octanol–water partition coefficient (Wildman–Crippen LogP) is 0.425. The Morgan fingerprint density at radius 1 is 1.56 bits per heavy atom. The van der Waals surface area contributed by atoms with Gasteiger partial charge in [-0.3, -0.25) is 9.69 Å². The number of rotatable bonds is 7. The van der Waals surface area contributed by atoms with E-state index in [1.165, 1.54) is 4.90 Å². The van der Waals surface area contributed by atoms with Gasteiger partial charge < -0.3 is 11.1 Å². The molecule has 0 aromatic heterocycles. The molecule has 0 radical (unpaired) electrons. The fraction of sp³-hybridized carbons (Fsp3) is 0.900. The molecule has 0 rings (SSSR count). The number of alkyl halides is 2. The van der Waals surface area contributed by atoms with Gasteiger partial charge in [0.1, 0.15) is 0 Å². The summed E-state index contributed by atoms with van der Waals surface area (Å²) in [4.78, 5) is 12.7. The molecular weight excluding hydrogens is 216 g/mol. The van der Waals surface area contributed by atoms with Crippen molar-refractivity contribution in [3.63, 3.8) is 0 Å². The maximum Gasteiger partial charge on any atom is 0.251 e. The molecular formula is C10H21F2N3O. The Morgan fingerprint density at radius 3 is 2.38 bits per heavy atom. The fourth-order valence-electron chi connectivity index (χ4n) is 1.47. The smallest absolute Gasteiger partial charge is 0.251 e. The number of likely N-dealkylation sites (N-methyl/N-ethyl adjacent to an activating group) is 1. The first kappa shape index (κ1) is 15.2. The average Bonchev–Trinajstić information content (AvgIpc) is 2.16. The summed E-state index contributed by atoms with van der Waals surface area (Å²) in [6.07, 6.45) is -1.98. The third kappa shape index (κ3) is 4.40. The lowest BCUT2D eigenvalue weighted by molar-refractivity contribution is -0.124. The van der Waals surface area contributed by atoms with Gasteiger partial charge in [0.15, 0.2) is 0 Å². The summed E-state index contributed by atoms with van der Waals surface area (Å²) in [5, 5.41) is 2.83. The molecule has 4 nitrogen and oxygen atoms in total. The molecule has 0 fully saturated rings. The van der Waals surface area contributed by atoms with Gasteiger partial charge in [0.05, 0.1) is 12.1 Å². The number of primary amides is 1. The molecule has 0 spiro atoms. The Hall–Kier alpha value is -0.750. The van der Waals surface area contributed by atoms with Crippen molar-refractivity contribution in [3.8, 4) is 0 Å². The van der Waals surface area contributed by atoms with E-state index in [-0.39, 0.29) is 12.6 Å². The van der Waals surface area contributed by atoms with Gasteiger partial charge in [-0.25, -0.2) is 8.78 Å². The van der Waals surface area contributed by atoms with Crippen LogP contribution in [0.2, 0.25) is 0 Å². The lowest BCUT2D eigenvalue weighted by Gasteiger charge is -2.33. The number of hydrogen-bond donors (Lipinski definition) is 2. The first-order valence-electron chi connectivity index (χ1n) is 5.20. The molecule has 6 heteroatoms. The first-order valence-corrected chi connectivity index (χ1v) is 5.20. The summed E-state index contributed by atoms with van der Waals surface area (Å²) in [6, 6.07) is -0.154. The molecule has 1 amide bonds. The maximum atomic E-state index is 12.2. The number of nitrogens with zero attached hydrogens (tertiary/aromatic N) is 1. The highest BCUT2D eigenvalue weighted by Gasteiger charge is 2.32. The molecule has 0 aliphatic carbocycles. The van der Waals surface area contributed by atoms with Crippen LogP contribution in [0.15, 0.2) is 0 Å². The Morgan fingerprint density at radius 2 is 2.06 bits per heavy atom. The van der Waals surface area contributed by atoms with Crippen LogP contribution in [0.3, 0.4) is 0 Å². The second-order valence-corrected chi connectivity index (χ2v) is 4.33. The van der Waals surface area contributed by atoms with Crippen LogP contribution in [0.4, 0.5) is 8.78 Å². The van der Waals surface area contributed by atoms with E-state index in [1.54, 1.807) is 27.9 Å². The third-order valence-corrected chi connectivity index (χ3v) is 2.98. The number of carbonyl (C=O) groups excluding carboxylic acids is 1. The van der Waals surface area contributed by atoms with E-state index < -0.39 is 17.9 Å². The van der Waals surface area contributed by atoms with Crippen molar-refractivity contribution in [2.45, 2.75) is 38.3 Å². The summed E-state index contributed by atoms with van der Waals surface area (Å²) in [6.45, 7) is 3.16. The van der Waals surface area contributed by atoms with E-state index >= 15 is 0 Å². The molecule has 96 valence electrons. The van der Waals surface area contributed by atoms with Crippen molar-refractivity contribution in [2.24, 2.45) is 5.73 Å². The predicted molar refractivity (Wildman–Crippen MR) is 59.4 cm³/mol. The standard InChI is InChI=1S/C10H21F2N3O/c1-7(15(4)6-8(11)12)5-10(2,14-3)9(13)16/h7-8,14H,5-6H2,1-4H3,(H2,13,16). The van der Waals surface area contributed by atoms with Crippen molar-refractivity contribution in [3.05, 3.63) is 0 Å². The molecule has 0 bridgehead atoms. The van der Waals surface area contributed by atoms with Crippen molar-refractivity contribution in [1.82, 2.24) is 10.2 Å². The van der Waals surface area contributed by atoms with Crippen molar-refractivity contribution < 1.29 is 13.6 Å². The highest BCUT2D eigenvalue weighted by molar-refractivity contribution is 5.84. The average molecular weight is 237 g/mol. The van der Waals surface area contributed by atoms with Gasteiger partial charge in [0, 0.05) is 6.04 Å². The van der Waals surface area contributed by atoms with Gasteiger partial charge >= 0.3 is 0 Å². The maximum absolute atomic E-state index is 12.2. The summed E-state index contributed by atoms with van der Waals surface area (Å²) in [5.74, 6) is -0.479. The van der Waals surface area contributed by atoms with E-state index in [9.17, 15) is 13.6 Å². The number of halogens is 2. The lowest BCUT2D eigenvalue weighted by Crippen LogP contribution is -2.55. The minimum Gasteiger partial charge on any atom is -0.368 e. The number of hydrogen-bond acceptors (Lipinski definition) is 3. The van der Waals surface area contributed by atoms with E-state index in [0.717, 1.165) is 0 Å². The van der Waals surface area contributed by atoms with Crippen molar-refractivity contribution >= 4 is 5.91 Å². The van der Waals surface area contributed by atoms with Gasteiger partial charge in [-0.15, -0.1) is 0 Å². The number of carbonyl (C=O) groups is 1. The molecule has 0 heterocycles. The van der Waals surface area contributed by atoms with Gasteiger partial charge in [-0.05, 0) is 34.4 Å². The Balaban J connectivity index is 4.41. The monoisotopic (exact) mass is 237 g/mol. The van der Waals surface area contributed by atoms with Crippen LogP contribution in [0.1, 0.15) is 20.3 Å². The van der Waals surface area contributed by atoms with Crippen molar-refractivity contribution in [1.29, 1.82) is 0 Å². The molecule has 2 atom stereocenters. The molecule has 0 aliphatic rings. The highest BCUT2D eigenvalue weighted by atomic mass is 19.3. The quantitative estimate of drug-likeness (QED) is 0.675. The molecule has 16 heavy (non-hydrogen) atoms. The fourth-order valence-corrected chi connectivity index (χ4v) is 1.47. The van der Waals surface area contributed by atoms with Crippen LogP contribution in [0.25, 0.3) is 0 Å². The molecule has 0 aromatic rings. The van der Waals surface area contributed by atoms with E-state index in [2.05, 4.69) is 5.32 Å². The zero-order valence-electron chi connectivity index (χ0n) is 10.3. The zero-order chi connectivity index (χ0) is 12.9.